The maximum atomic E-state index is 12.6. The molecule has 0 bridgehead atoms. The highest BCUT2D eigenvalue weighted by molar-refractivity contribution is 7.89. The van der Waals surface area contributed by atoms with Gasteiger partial charge in [-0.2, -0.15) is 4.31 Å². The van der Waals surface area contributed by atoms with Crippen LogP contribution in [0.15, 0.2) is 65.6 Å². The van der Waals surface area contributed by atoms with Crippen molar-refractivity contribution in [2.24, 2.45) is 0 Å². The second-order valence-corrected chi connectivity index (χ2v) is 8.55. The molecule has 0 unspecified atom stereocenters. The number of hydrogen-bond donors (Lipinski definition) is 0. The predicted octanol–water partition coefficient (Wildman–Crippen LogP) is 2.71. The molecule has 5 nitrogen and oxygen atoms in total. The van der Waals surface area contributed by atoms with Crippen LogP contribution in [-0.2, 0) is 14.8 Å². The Hall–Kier alpha value is -2.18. The summed E-state index contributed by atoms with van der Waals surface area (Å²) in [5.41, 5.74) is 1.14. The van der Waals surface area contributed by atoms with Crippen LogP contribution in [-0.4, -0.2) is 49.7 Å². The van der Waals surface area contributed by atoms with E-state index >= 15 is 0 Å². The smallest absolute Gasteiger partial charge is 0.243 e. The molecule has 1 heterocycles. The van der Waals surface area contributed by atoms with Crippen LogP contribution in [0.1, 0.15) is 24.8 Å². The van der Waals surface area contributed by atoms with Gasteiger partial charge in [0.2, 0.25) is 15.9 Å². The number of hydrogen-bond acceptors (Lipinski definition) is 3. The molecule has 3 rings (SSSR count). The van der Waals surface area contributed by atoms with Crippen molar-refractivity contribution < 1.29 is 13.2 Å². The lowest BCUT2D eigenvalue weighted by molar-refractivity contribution is -0.132. The van der Waals surface area contributed by atoms with Gasteiger partial charge >= 0.3 is 0 Å². The first-order valence-electron chi connectivity index (χ1n) is 8.86. The van der Waals surface area contributed by atoms with E-state index in [0.717, 1.165) is 5.56 Å². The van der Waals surface area contributed by atoms with E-state index in [1.165, 1.54) is 4.31 Å². The van der Waals surface area contributed by atoms with E-state index in [2.05, 4.69) is 0 Å². The van der Waals surface area contributed by atoms with Gasteiger partial charge in [0, 0.05) is 32.6 Å². The minimum Gasteiger partial charge on any atom is -0.340 e. The number of rotatable bonds is 5. The first-order chi connectivity index (χ1) is 12.5. The molecule has 0 spiro atoms. The van der Waals surface area contributed by atoms with Crippen LogP contribution in [0.5, 0.6) is 0 Å². The van der Waals surface area contributed by atoms with Gasteiger partial charge < -0.3 is 4.90 Å². The van der Waals surface area contributed by atoms with Gasteiger partial charge in [0.15, 0.2) is 0 Å². The van der Waals surface area contributed by atoms with Crippen molar-refractivity contribution in [1.29, 1.82) is 0 Å². The standard InChI is InChI=1S/C20H24N2O3S/c1-17(18-8-4-2-5-9-18)16-20(23)21-12-14-22(15-13-21)26(24,25)19-10-6-3-7-11-19/h2-11,17H,12-16H2,1H3/t17-/m0/s1. The summed E-state index contributed by atoms with van der Waals surface area (Å²) in [6, 6.07) is 18.4. The minimum atomic E-state index is -3.48. The fraction of sp³-hybridized carbons (Fsp3) is 0.350. The first-order valence-corrected chi connectivity index (χ1v) is 10.3. The molecule has 0 saturated carbocycles. The molecule has 0 N–H and O–H groups in total. The monoisotopic (exact) mass is 372 g/mol. The summed E-state index contributed by atoms with van der Waals surface area (Å²) in [7, 11) is -3.48. The third-order valence-corrected chi connectivity index (χ3v) is 6.73. The van der Waals surface area contributed by atoms with E-state index in [0.29, 0.717) is 37.5 Å². The lowest BCUT2D eigenvalue weighted by Gasteiger charge is -2.34. The number of carbonyl (C=O) groups excluding carboxylic acids is 1. The highest BCUT2D eigenvalue weighted by atomic mass is 32.2. The van der Waals surface area contributed by atoms with Gasteiger partial charge in [0.05, 0.1) is 4.90 Å². The molecule has 0 aliphatic carbocycles. The minimum absolute atomic E-state index is 0.0816. The van der Waals surface area contributed by atoms with Crippen LogP contribution >= 0.6 is 0 Å². The Balaban J connectivity index is 1.57. The maximum absolute atomic E-state index is 12.6. The van der Waals surface area contributed by atoms with E-state index in [1.54, 1.807) is 35.2 Å². The maximum Gasteiger partial charge on any atom is 0.243 e. The van der Waals surface area contributed by atoms with E-state index < -0.39 is 10.0 Å². The molecule has 1 atom stereocenters. The van der Waals surface area contributed by atoms with Gasteiger partial charge in [-0.15, -0.1) is 0 Å². The van der Waals surface area contributed by atoms with Crippen LogP contribution in [0.4, 0.5) is 0 Å². The van der Waals surface area contributed by atoms with E-state index in [9.17, 15) is 13.2 Å². The van der Waals surface area contributed by atoms with Crippen LogP contribution in [0.25, 0.3) is 0 Å². The van der Waals surface area contributed by atoms with Crippen molar-refractivity contribution in [2.45, 2.75) is 24.2 Å². The number of carbonyl (C=O) groups is 1. The molecule has 1 aliphatic rings. The van der Waals surface area contributed by atoms with Crippen molar-refractivity contribution in [3.8, 4) is 0 Å². The lowest BCUT2D eigenvalue weighted by Crippen LogP contribution is -2.50. The van der Waals surface area contributed by atoms with E-state index in [-0.39, 0.29) is 11.8 Å². The molecule has 1 amide bonds. The Morgan fingerprint density at radius 3 is 2.04 bits per heavy atom. The topological polar surface area (TPSA) is 57.7 Å². The largest absolute Gasteiger partial charge is 0.340 e. The summed E-state index contributed by atoms with van der Waals surface area (Å²) in [6.45, 7) is 3.59. The molecule has 1 aliphatic heterocycles. The van der Waals surface area contributed by atoms with Crippen LogP contribution < -0.4 is 0 Å². The average molecular weight is 372 g/mol. The van der Waals surface area contributed by atoms with E-state index in [4.69, 9.17) is 0 Å². The number of piperazine rings is 1. The zero-order chi connectivity index (χ0) is 18.6. The van der Waals surface area contributed by atoms with Crippen LogP contribution in [0.3, 0.4) is 0 Å². The Kier molecular flexibility index (Phi) is 5.74. The number of nitrogens with zero attached hydrogens (tertiary/aromatic N) is 2. The summed E-state index contributed by atoms with van der Waals surface area (Å²) in [5.74, 6) is 0.230. The predicted molar refractivity (Wildman–Crippen MR) is 101 cm³/mol. The fourth-order valence-electron chi connectivity index (χ4n) is 3.21. The van der Waals surface area contributed by atoms with Gasteiger partial charge in [-0.05, 0) is 23.6 Å². The average Bonchev–Trinajstić information content (AvgIpc) is 2.69. The van der Waals surface area contributed by atoms with Crippen LogP contribution in [0.2, 0.25) is 0 Å². The molecule has 1 fully saturated rings. The zero-order valence-corrected chi connectivity index (χ0v) is 15.7. The Labute approximate surface area is 155 Å². The molecule has 138 valence electrons. The third kappa shape index (κ3) is 4.14. The second kappa shape index (κ2) is 8.01. The molecule has 1 saturated heterocycles. The summed E-state index contributed by atoms with van der Waals surface area (Å²) >= 11 is 0. The molecule has 0 aromatic heterocycles. The van der Waals surface area contributed by atoms with Crippen molar-refractivity contribution in [2.75, 3.05) is 26.2 Å². The van der Waals surface area contributed by atoms with Gasteiger partial charge in [-0.3, -0.25) is 4.79 Å². The zero-order valence-electron chi connectivity index (χ0n) is 14.9. The quantitative estimate of drug-likeness (QED) is 0.811. The van der Waals surface area contributed by atoms with Crippen molar-refractivity contribution >= 4 is 15.9 Å². The fourth-order valence-corrected chi connectivity index (χ4v) is 4.65. The lowest BCUT2D eigenvalue weighted by atomic mass is 9.97. The Bertz CT molecular complexity index is 830. The molecule has 2 aromatic carbocycles. The van der Waals surface area contributed by atoms with Crippen molar-refractivity contribution in [3.05, 3.63) is 66.2 Å². The van der Waals surface area contributed by atoms with Crippen LogP contribution in [0, 0.1) is 0 Å². The number of sulfonamides is 1. The van der Waals surface area contributed by atoms with Crippen molar-refractivity contribution in [1.82, 2.24) is 9.21 Å². The van der Waals surface area contributed by atoms with Gasteiger partial charge in [0.25, 0.3) is 0 Å². The number of benzene rings is 2. The summed E-state index contributed by atoms with van der Waals surface area (Å²) in [4.78, 5) is 14.6. The van der Waals surface area contributed by atoms with Gasteiger partial charge in [0.1, 0.15) is 0 Å². The number of amides is 1. The first kappa shape index (κ1) is 18.6. The molecule has 2 aromatic rings. The van der Waals surface area contributed by atoms with E-state index in [1.807, 2.05) is 37.3 Å². The summed E-state index contributed by atoms with van der Waals surface area (Å²) < 4.78 is 26.8. The third-order valence-electron chi connectivity index (χ3n) is 4.82. The summed E-state index contributed by atoms with van der Waals surface area (Å²) in [6.07, 6.45) is 0.440. The Morgan fingerprint density at radius 1 is 0.923 bits per heavy atom. The molecule has 0 radical (unpaired) electrons. The molecular formula is C20H24N2O3S. The van der Waals surface area contributed by atoms with Gasteiger partial charge in [-0.25, -0.2) is 8.42 Å². The SMILES string of the molecule is C[C@@H](CC(=O)N1CCN(S(=O)(=O)c2ccccc2)CC1)c1ccccc1. The highest BCUT2D eigenvalue weighted by Gasteiger charge is 2.30. The Morgan fingerprint density at radius 2 is 1.46 bits per heavy atom. The molecule has 6 heteroatoms. The van der Waals surface area contributed by atoms with Crippen molar-refractivity contribution in [3.63, 3.8) is 0 Å². The molecular weight excluding hydrogens is 348 g/mol. The normalized spacial score (nSPS) is 17.0. The summed E-state index contributed by atoms with van der Waals surface area (Å²) in [5, 5.41) is 0. The molecule has 26 heavy (non-hydrogen) atoms. The highest BCUT2D eigenvalue weighted by Crippen LogP contribution is 2.21. The van der Waals surface area contributed by atoms with Gasteiger partial charge in [-0.1, -0.05) is 55.5 Å². The second-order valence-electron chi connectivity index (χ2n) is 6.61.